The van der Waals surface area contributed by atoms with E-state index in [4.69, 9.17) is 17.0 Å². The van der Waals surface area contributed by atoms with Crippen LogP contribution in [0.25, 0.3) is 0 Å². The molecule has 2 aliphatic heterocycles. The SMILES string of the molecule is COC1=C/CC2=C(NC/C=C\1)C(=S)N(Cc1ccccc1)CC2. The van der Waals surface area contributed by atoms with Gasteiger partial charge in [0.05, 0.1) is 12.8 Å². The Morgan fingerprint density at radius 1 is 1.26 bits per heavy atom. The van der Waals surface area contributed by atoms with Crippen LogP contribution < -0.4 is 5.32 Å². The fourth-order valence-electron chi connectivity index (χ4n) is 2.94. The van der Waals surface area contributed by atoms with Crippen LogP contribution in [-0.2, 0) is 11.3 Å². The highest BCUT2D eigenvalue weighted by atomic mass is 32.1. The van der Waals surface area contributed by atoms with Crippen molar-refractivity contribution in [1.82, 2.24) is 10.2 Å². The van der Waals surface area contributed by atoms with E-state index in [-0.39, 0.29) is 0 Å². The van der Waals surface area contributed by atoms with Gasteiger partial charge in [0, 0.05) is 19.6 Å². The number of ether oxygens (including phenoxy) is 1. The number of nitrogens with one attached hydrogen (secondary N) is 1. The van der Waals surface area contributed by atoms with Gasteiger partial charge in [-0.25, -0.2) is 0 Å². The molecule has 0 radical (unpaired) electrons. The molecule has 23 heavy (non-hydrogen) atoms. The lowest BCUT2D eigenvalue weighted by molar-refractivity contribution is 0.305. The maximum Gasteiger partial charge on any atom is 0.125 e. The molecule has 0 saturated carbocycles. The number of hydrogen-bond donors (Lipinski definition) is 1. The Kier molecular flexibility index (Phi) is 5.13. The molecule has 1 aromatic carbocycles. The molecule has 0 spiro atoms. The van der Waals surface area contributed by atoms with E-state index in [0.717, 1.165) is 48.9 Å². The number of nitrogens with zero attached hydrogens (tertiary/aromatic N) is 1. The van der Waals surface area contributed by atoms with E-state index in [9.17, 15) is 0 Å². The summed E-state index contributed by atoms with van der Waals surface area (Å²) in [4.78, 5) is 3.22. The van der Waals surface area contributed by atoms with Crippen molar-refractivity contribution in [3.8, 4) is 0 Å². The minimum atomic E-state index is 0.763. The van der Waals surface area contributed by atoms with Gasteiger partial charge in [-0.05, 0) is 36.1 Å². The predicted molar refractivity (Wildman–Crippen MR) is 97.9 cm³/mol. The smallest absolute Gasteiger partial charge is 0.125 e. The average molecular weight is 326 g/mol. The molecule has 0 unspecified atom stereocenters. The van der Waals surface area contributed by atoms with Crippen LogP contribution in [0.2, 0.25) is 0 Å². The fourth-order valence-corrected chi connectivity index (χ4v) is 3.32. The molecule has 0 saturated heterocycles. The molecule has 2 aliphatic rings. The largest absolute Gasteiger partial charge is 0.497 e. The van der Waals surface area contributed by atoms with Gasteiger partial charge in [-0.3, -0.25) is 0 Å². The zero-order chi connectivity index (χ0) is 16.1. The Balaban J connectivity index is 1.78. The summed E-state index contributed by atoms with van der Waals surface area (Å²) >= 11 is 5.76. The molecule has 120 valence electrons. The second-order valence-corrected chi connectivity index (χ2v) is 6.13. The van der Waals surface area contributed by atoms with Crippen LogP contribution in [0.15, 0.2) is 65.6 Å². The van der Waals surface area contributed by atoms with Crippen molar-refractivity contribution in [3.05, 3.63) is 71.2 Å². The van der Waals surface area contributed by atoms with Gasteiger partial charge in [0.2, 0.25) is 0 Å². The van der Waals surface area contributed by atoms with E-state index >= 15 is 0 Å². The van der Waals surface area contributed by atoms with Crippen molar-refractivity contribution < 1.29 is 4.74 Å². The van der Waals surface area contributed by atoms with E-state index in [1.807, 2.05) is 12.1 Å². The first kappa shape index (κ1) is 15.8. The molecular weight excluding hydrogens is 304 g/mol. The van der Waals surface area contributed by atoms with E-state index in [2.05, 4.69) is 46.6 Å². The van der Waals surface area contributed by atoms with Crippen LogP contribution in [0, 0.1) is 0 Å². The van der Waals surface area contributed by atoms with Gasteiger partial charge in [-0.15, -0.1) is 0 Å². The molecule has 4 heteroatoms. The van der Waals surface area contributed by atoms with Crippen LogP contribution in [0.5, 0.6) is 0 Å². The highest BCUT2D eigenvalue weighted by molar-refractivity contribution is 7.80. The van der Waals surface area contributed by atoms with Crippen molar-refractivity contribution in [2.75, 3.05) is 20.2 Å². The molecule has 0 atom stereocenters. The Labute approximate surface area is 143 Å². The quantitative estimate of drug-likeness (QED) is 0.859. The summed E-state index contributed by atoms with van der Waals surface area (Å²) in [6, 6.07) is 10.5. The third kappa shape index (κ3) is 3.82. The summed E-state index contributed by atoms with van der Waals surface area (Å²) in [5.41, 5.74) is 3.79. The van der Waals surface area contributed by atoms with Crippen LogP contribution in [0.1, 0.15) is 18.4 Å². The Bertz CT molecular complexity index is 661. The lowest BCUT2D eigenvalue weighted by Crippen LogP contribution is -2.40. The summed E-state index contributed by atoms with van der Waals surface area (Å²) < 4.78 is 5.37. The average Bonchev–Trinajstić information content (AvgIpc) is 2.69. The highest BCUT2D eigenvalue weighted by Gasteiger charge is 2.23. The first-order valence-corrected chi connectivity index (χ1v) is 8.38. The first-order valence-electron chi connectivity index (χ1n) is 7.97. The number of methoxy groups -OCH3 is 1. The maximum atomic E-state index is 5.76. The Hall–Kier alpha value is -2.07. The number of rotatable bonds is 3. The van der Waals surface area contributed by atoms with Gasteiger partial charge < -0.3 is 15.0 Å². The molecule has 1 aromatic rings. The molecule has 2 heterocycles. The zero-order valence-electron chi connectivity index (χ0n) is 13.4. The molecule has 0 bridgehead atoms. The summed E-state index contributed by atoms with van der Waals surface area (Å²) in [6.45, 7) is 2.60. The lowest BCUT2D eigenvalue weighted by Gasteiger charge is -2.33. The van der Waals surface area contributed by atoms with Gasteiger partial charge in [0.1, 0.15) is 10.7 Å². The Morgan fingerprint density at radius 3 is 2.87 bits per heavy atom. The molecule has 0 fully saturated rings. The third-order valence-corrected chi connectivity index (χ3v) is 4.68. The van der Waals surface area contributed by atoms with Crippen molar-refractivity contribution in [3.63, 3.8) is 0 Å². The molecular formula is C19H22N2OS. The van der Waals surface area contributed by atoms with E-state index in [1.165, 1.54) is 11.1 Å². The summed E-state index contributed by atoms with van der Waals surface area (Å²) in [5.74, 6) is 0.915. The first-order chi connectivity index (χ1) is 11.3. The summed E-state index contributed by atoms with van der Waals surface area (Å²) in [6.07, 6.45) is 8.13. The summed E-state index contributed by atoms with van der Waals surface area (Å²) in [7, 11) is 1.71. The molecule has 3 nitrogen and oxygen atoms in total. The normalized spacial score (nSPS) is 22.0. The second-order valence-electron chi connectivity index (χ2n) is 5.74. The van der Waals surface area contributed by atoms with Gasteiger partial charge in [0.25, 0.3) is 0 Å². The van der Waals surface area contributed by atoms with E-state index in [0.29, 0.717) is 0 Å². The van der Waals surface area contributed by atoms with Gasteiger partial charge in [-0.1, -0.05) is 48.6 Å². The van der Waals surface area contributed by atoms with Crippen LogP contribution in [-0.4, -0.2) is 30.1 Å². The van der Waals surface area contributed by atoms with Crippen molar-refractivity contribution in [2.45, 2.75) is 19.4 Å². The van der Waals surface area contributed by atoms with Crippen LogP contribution in [0.4, 0.5) is 0 Å². The van der Waals surface area contributed by atoms with Crippen LogP contribution >= 0.6 is 12.2 Å². The second kappa shape index (κ2) is 7.47. The van der Waals surface area contributed by atoms with Gasteiger partial charge in [-0.2, -0.15) is 0 Å². The molecule has 0 aromatic heterocycles. The molecule has 0 amide bonds. The maximum absolute atomic E-state index is 5.76. The number of thiocarbonyl (C=S) groups is 1. The van der Waals surface area contributed by atoms with Gasteiger partial charge in [0.15, 0.2) is 0 Å². The highest BCUT2D eigenvalue weighted by Crippen LogP contribution is 2.24. The standard InChI is InChI=1S/C19H22N2OS/c1-22-17-8-5-12-20-18-16(9-10-17)11-13-21(19(18)23)14-15-6-3-2-4-7-15/h2-8,10,20H,9,11-14H2,1H3/b8-5-,17-10+. The van der Waals surface area contributed by atoms with Crippen LogP contribution in [0.3, 0.4) is 0 Å². The topological polar surface area (TPSA) is 24.5 Å². The van der Waals surface area contributed by atoms with Crippen molar-refractivity contribution >= 4 is 17.2 Å². The number of allylic oxidation sites excluding steroid dienone is 2. The van der Waals surface area contributed by atoms with Crippen molar-refractivity contribution in [2.24, 2.45) is 0 Å². The fraction of sp³-hybridized carbons (Fsp3) is 0.316. The zero-order valence-corrected chi connectivity index (χ0v) is 14.2. The van der Waals surface area contributed by atoms with Crippen molar-refractivity contribution in [1.29, 1.82) is 0 Å². The monoisotopic (exact) mass is 326 g/mol. The van der Waals surface area contributed by atoms with Gasteiger partial charge >= 0.3 is 0 Å². The third-order valence-electron chi connectivity index (χ3n) is 4.22. The predicted octanol–water partition coefficient (Wildman–Crippen LogP) is 3.55. The van der Waals surface area contributed by atoms with E-state index in [1.54, 1.807) is 7.11 Å². The molecule has 1 N–H and O–H groups in total. The summed E-state index contributed by atoms with van der Waals surface area (Å²) in [5, 5.41) is 3.49. The minimum Gasteiger partial charge on any atom is -0.497 e. The Morgan fingerprint density at radius 2 is 2.09 bits per heavy atom. The number of benzene rings is 1. The minimum absolute atomic E-state index is 0.763. The van der Waals surface area contributed by atoms with E-state index < -0.39 is 0 Å². The lowest BCUT2D eigenvalue weighted by atomic mass is 10.0. The molecule has 3 rings (SSSR count). The number of hydrogen-bond acceptors (Lipinski definition) is 3. The molecule has 0 aliphatic carbocycles.